The molecule has 0 bridgehead atoms. The van der Waals surface area contributed by atoms with E-state index >= 15 is 0 Å². The van der Waals surface area contributed by atoms with Gasteiger partial charge in [-0.1, -0.05) is 30.8 Å². The van der Waals surface area contributed by atoms with Crippen LogP contribution in [0.15, 0.2) is 29.4 Å². The third-order valence-corrected chi connectivity index (χ3v) is 4.00. The topological polar surface area (TPSA) is 57.0 Å². The van der Waals surface area contributed by atoms with E-state index in [0.29, 0.717) is 17.9 Å². The summed E-state index contributed by atoms with van der Waals surface area (Å²) in [5.74, 6) is 2.38. The largest absolute Gasteiger partial charge is 0.492 e. The first-order valence-corrected chi connectivity index (χ1v) is 7.93. The molecule has 2 rings (SSSR count). The quantitative estimate of drug-likeness (QED) is 0.426. The van der Waals surface area contributed by atoms with E-state index in [0.717, 1.165) is 35.9 Å². The molecule has 0 spiro atoms. The van der Waals surface area contributed by atoms with Crippen molar-refractivity contribution in [3.8, 4) is 5.75 Å². The maximum Gasteiger partial charge on any atom is 0.191 e. The van der Waals surface area contributed by atoms with E-state index in [2.05, 4.69) is 17.1 Å². The number of para-hydroxylation sites is 1. The van der Waals surface area contributed by atoms with E-state index < -0.39 is 0 Å². The Kier molecular flexibility index (Phi) is 5.80. The molecule has 0 saturated carbocycles. The summed E-state index contributed by atoms with van der Waals surface area (Å²) < 4.78 is 7.66. The number of carbonyl (C=O) groups is 1. The zero-order chi connectivity index (χ0) is 15.1. The molecule has 0 N–H and O–H groups in total. The van der Waals surface area contributed by atoms with E-state index in [9.17, 15) is 4.79 Å². The molecule has 0 unspecified atom stereocenters. The lowest BCUT2D eigenvalue weighted by molar-refractivity contribution is 0.112. The summed E-state index contributed by atoms with van der Waals surface area (Å²) in [6.45, 7) is 2.64. The molecule has 5 nitrogen and oxygen atoms in total. The lowest BCUT2D eigenvalue weighted by Gasteiger charge is -2.07. The van der Waals surface area contributed by atoms with Gasteiger partial charge >= 0.3 is 0 Å². The number of aldehydes is 1. The summed E-state index contributed by atoms with van der Waals surface area (Å²) in [5.41, 5.74) is 0.575. The summed E-state index contributed by atoms with van der Waals surface area (Å²) in [7, 11) is 1.98. The zero-order valence-corrected chi connectivity index (χ0v) is 13.1. The van der Waals surface area contributed by atoms with Crippen LogP contribution in [-0.2, 0) is 13.5 Å². The molecule has 112 valence electrons. The Morgan fingerprint density at radius 3 is 2.90 bits per heavy atom. The van der Waals surface area contributed by atoms with Crippen molar-refractivity contribution in [3.05, 3.63) is 35.7 Å². The zero-order valence-electron chi connectivity index (χ0n) is 12.3. The third kappa shape index (κ3) is 4.07. The van der Waals surface area contributed by atoms with Crippen LogP contribution >= 0.6 is 11.8 Å². The highest BCUT2D eigenvalue weighted by Crippen LogP contribution is 2.19. The molecular weight excluding hydrogens is 286 g/mol. The van der Waals surface area contributed by atoms with Gasteiger partial charge in [0, 0.05) is 19.2 Å². The number of benzene rings is 1. The minimum absolute atomic E-state index is 0.519. The van der Waals surface area contributed by atoms with Gasteiger partial charge in [0.25, 0.3) is 0 Å². The number of rotatable bonds is 8. The van der Waals surface area contributed by atoms with Gasteiger partial charge in [0.1, 0.15) is 11.6 Å². The SMILES string of the molecule is CCCc1nnc(SCCOc2ccccc2C=O)n1C. The summed E-state index contributed by atoms with van der Waals surface area (Å²) in [5, 5.41) is 9.25. The predicted molar refractivity (Wildman–Crippen MR) is 83.0 cm³/mol. The van der Waals surface area contributed by atoms with Crippen LogP contribution in [0.5, 0.6) is 5.75 Å². The predicted octanol–water partition coefficient (Wildman–Crippen LogP) is 2.75. The number of thioether (sulfide) groups is 1. The van der Waals surface area contributed by atoms with Crippen LogP contribution in [0.25, 0.3) is 0 Å². The van der Waals surface area contributed by atoms with Gasteiger partial charge < -0.3 is 9.30 Å². The second-order valence-corrected chi connectivity index (χ2v) is 5.62. The molecule has 0 aliphatic rings. The summed E-state index contributed by atoms with van der Waals surface area (Å²) in [4.78, 5) is 10.9. The van der Waals surface area contributed by atoms with Crippen LogP contribution < -0.4 is 4.74 Å². The Morgan fingerprint density at radius 2 is 2.14 bits per heavy atom. The molecule has 0 fully saturated rings. The first-order chi connectivity index (χ1) is 10.3. The number of nitrogens with zero attached hydrogens (tertiary/aromatic N) is 3. The molecule has 1 heterocycles. The molecule has 21 heavy (non-hydrogen) atoms. The number of hydrogen-bond donors (Lipinski definition) is 0. The standard InChI is InChI=1S/C15H19N3O2S/c1-3-6-14-16-17-15(18(14)2)21-10-9-20-13-8-5-4-7-12(13)11-19/h4-5,7-8,11H,3,6,9-10H2,1-2H3. The van der Waals surface area contributed by atoms with Gasteiger partial charge in [0.15, 0.2) is 11.4 Å². The number of carbonyl (C=O) groups excluding carboxylic acids is 1. The first-order valence-electron chi connectivity index (χ1n) is 6.94. The number of aromatic nitrogens is 3. The fourth-order valence-corrected chi connectivity index (χ4v) is 2.65. The van der Waals surface area contributed by atoms with Gasteiger partial charge in [-0.05, 0) is 18.6 Å². The normalized spacial score (nSPS) is 10.6. The fraction of sp³-hybridized carbons (Fsp3) is 0.400. The average Bonchev–Trinajstić information content (AvgIpc) is 2.85. The molecule has 0 aliphatic heterocycles. The van der Waals surface area contributed by atoms with Crippen LogP contribution in [0.3, 0.4) is 0 Å². The molecule has 1 aromatic carbocycles. The van der Waals surface area contributed by atoms with Crippen LogP contribution in [0.4, 0.5) is 0 Å². The van der Waals surface area contributed by atoms with Crippen LogP contribution in [0.2, 0.25) is 0 Å². The van der Waals surface area contributed by atoms with Crippen molar-refractivity contribution >= 4 is 18.0 Å². The third-order valence-electron chi connectivity index (χ3n) is 3.02. The highest BCUT2D eigenvalue weighted by molar-refractivity contribution is 7.99. The minimum atomic E-state index is 0.519. The molecular formula is C15H19N3O2S. The fourth-order valence-electron chi connectivity index (χ4n) is 1.91. The average molecular weight is 305 g/mol. The molecule has 2 aromatic rings. The molecule has 0 saturated heterocycles. The minimum Gasteiger partial charge on any atom is -0.492 e. The van der Waals surface area contributed by atoms with Crippen molar-refractivity contribution < 1.29 is 9.53 Å². The van der Waals surface area contributed by atoms with Crippen molar-refractivity contribution in [3.63, 3.8) is 0 Å². The van der Waals surface area contributed by atoms with Crippen molar-refractivity contribution in [2.45, 2.75) is 24.9 Å². The van der Waals surface area contributed by atoms with E-state index in [1.165, 1.54) is 0 Å². The van der Waals surface area contributed by atoms with E-state index in [1.54, 1.807) is 23.9 Å². The van der Waals surface area contributed by atoms with Gasteiger partial charge in [-0.3, -0.25) is 4.79 Å². The number of ether oxygens (including phenoxy) is 1. The van der Waals surface area contributed by atoms with Crippen molar-refractivity contribution in [2.75, 3.05) is 12.4 Å². The monoisotopic (exact) mass is 305 g/mol. The van der Waals surface area contributed by atoms with Gasteiger partial charge in [0.2, 0.25) is 0 Å². The van der Waals surface area contributed by atoms with Crippen LogP contribution in [0.1, 0.15) is 29.5 Å². The first kappa shape index (κ1) is 15.6. The molecule has 0 radical (unpaired) electrons. The Bertz CT molecular complexity index is 598. The second-order valence-electron chi connectivity index (χ2n) is 4.56. The van der Waals surface area contributed by atoms with E-state index in [-0.39, 0.29) is 0 Å². The lowest BCUT2D eigenvalue weighted by atomic mass is 10.2. The van der Waals surface area contributed by atoms with Gasteiger partial charge in [-0.2, -0.15) is 0 Å². The lowest BCUT2D eigenvalue weighted by Crippen LogP contribution is -2.04. The van der Waals surface area contributed by atoms with Gasteiger partial charge in [-0.15, -0.1) is 10.2 Å². The van der Waals surface area contributed by atoms with Crippen molar-refractivity contribution in [1.29, 1.82) is 0 Å². The maximum absolute atomic E-state index is 10.9. The van der Waals surface area contributed by atoms with Crippen LogP contribution in [-0.4, -0.2) is 33.4 Å². The smallest absolute Gasteiger partial charge is 0.191 e. The molecule has 0 atom stereocenters. The maximum atomic E-state index is 10.9. The molecule has 6 heteroatoms. The number of aryl methyl sites for hydroxylation is 1. The highest BCUT2D eigenvalue weighted by Gasteiger charge is 2.08. The van der Waals surface area contributed by atoms with E-state index in [4.69, 9.17) is 4.74 Å². The van der Waals surface area contributed by atoms with Crippen molar-refractivity contribution in [2.24, 2.45) is 7.05 Å². The molecule has 0 aliphatic carbocycles. The number of hydrogen-bond acceptors (Lipinski definition) is 5. The molecule has 1 aromatic heterocycles. The second kappa shape index (κ2) is 7.83. The summed E-state index contributed by atoms with van der Waals surface area (Å²) in [6.07, 6.45) is 2.80. The summed E-state index contributed by atoms with van der Waals surface area (Å²) in [6, 6.07) is 7.22. The molecule has 0 amide bonds. The van der Waals surface area contributed by atoms with Crippen LogP contribution in [0, 0.1) is 0 Å². The Hall–Kier alpha value is -1.82. The Balaban J connectivity index is 1.83. The Morgan fingerprint density at radius 1 is 1.33 bits per heavy atom. The van der Waals surface area contributed by atoms with Crippen molar-refractivity contribution in [1.82, 2.24) is 14.8 Å². The van der Waals surface area contributed by atoms with Gasteiger partial charge in [-0.25, -0.2) is 0 Å². The Labute approximate surface area is 128 Å². The van der Waals surface area contributed by atoms with Gasteiger partial charge in [0.05, 0.1) is 12.2 Å². The van der Waals surface area contributed by atoms with E-state index in [1.807, 2.05) is 23.7 Å². The highest BCUT2D eigenvalue weighted by atomic mass is 32.2. The summed E-state index contributed by atoms with van der Waals surface area (Å²) >= 11 is 1.60.